The molecule has 4 heteroatoms. The van der Waals surface area contributed by atoms with Gasteiger partial charge in [0.05, 0.1) is 11.7 Å². The molecule has 0 saturated heterocycles. The van der Waals surface area contributed by atoms with E-state index in [-0.39, 0.29) is 6.04 Å². The minimum absolute atomic E-state index is 0.202. The van der Waals surface area contributed by atoms with E-state index in [1.807, 2.05) is 24.3 Å². The fourth-order valence-corrected chi connectivity index (χ4v) is 3.53. The molecule has 20 heavy (non-hydrogen) atoms. The summed E-state index contributed by atoms with van der Waals surface area (Å²) in [4.78, 5) is 5.43. The number of aryl methyl sites for hydroxylation is 1. The predicted octanol–water partition coefficient (Wildman–Crippen LogP) is 5.43. The third-order valence-corrected chi connectivity index (χ3v) is 4.93. The van der Waals surface area contributed by atoms with E-state index >= 15 is 0 Å². The van der Waals surface area contributed by atoms with Crippen LogP contribution in [0.2, 0.25) is 5.15 Å². The third kappa shape index (κ3) is 2.51. The van der Waals surface area contributed by atoms with Crippen molar-refractivity contribution in [3.8, 4) is 0 Å². The van der Waals surface area contributed by atoms with E-state index in [0.29, 0.717) is 5.15 Å². The number of nitrogens with zero attached hydrogens (tertiary/aromatic N) is 1. The highest BCUT2D eigenvalue weighted by Gasteiger charge is 2.12. The van der Waals surface area contributed by atoms with Gasteiger partial charge in [0.1, 0.15) is 0 Å². The molecule has 0 bridgehead atoms. The monoisotopic (exact) mass is 302 g/mol. The number of aromatic nitrogens is 1. The first-order valence-electron chi connectivity index (χ1n) is 6.51. The van der Waals surface area contributed by atoms with Gasteiger partial charge in [0.2, 0.25) is 0 Å². The number of pyridine rings is 1. The number of hydrogen-bond donors (Lipinski definition) is 1. The Morgan fingerprint density at radius 2 is 2.05 bits per heavy atom. The molecule has 2 heterocycles. The third-order valence-electron chi connectivity index (χ3n) is 3.35. The second-order valence-corrected chi connectivity index (χ2v) is 6.32. The van der Waals surface area contributed by atoms with Crippen molar-refractivity contribution in [2.24, 2.45) is 0 Å². The Hall–Kier alpha value is -1.58. The molecule has 2 nitrogen and oxygen atoms in total. The second-order valence-electron chi connectivity index (χ2n) is 4.85. The Labute approximate surface area is 127 Å². The van der Waals surface area contributed by atoms with Gasteiger partial charge < -0.3 is 5.32 Å². The van der Waals surface area contributed by atoms with Crippen molar-refractivity contribution in [3.05, 3.63) is 58.2 Å². The van der Waals surface area contributed by atoms with Crippen molar-refractivity contribution in [2.75, 3.05) is 5.32 Å². The number of hydrogen-bond acceptors (Lipinski definition) is 3. The second kappa shape index (κ2) is 5.43. The molecule has 0 spiro atoms. The lowest BCUT2D eigenvalue weighted by Gasteiger charge is -2.16. The zero-order chi connectivity index (χ0) is 14.1. The van der Waals surface area contributed by atoms with Gasteiger partial charge in [-0.05, 0) is 43.0 Å². The maximum atomic E-state index is 6.17. The van der Waals surface area contributed by atoms with Crippen molar-refractivity contribution in [2.45, 2.75) is 19.9 Å². The number of anilines is 1. The summed E-state index contributed by atoms with van der Waals surface area (Å²) in [5.74, 6) is 0. The van der Waals surface area contributed by atoms with Crippen LogP contribution in [0.4, 0.5) is 5.69 Å². The zero-order valence-corrected chi connectivity index (χ0v) is 12.9. The van der Waals surface area contributed by atoms with Crippen LogP contribution in [0.25, 0.3) is 10.1 Å². The normalized spacial score (nSPS) is 12.6. The molecule has 1 N–H and O–H groups in total. The van der Waals surface area contributed by atoms with Crippen molar-refractivity contribution in [1.29, 1.82) is 0 Å². The zero-order valence-electron chi connectivity index (χ0n) is 11.4. The maximum absolute atomic E-state index is 6.17. The van der Waals surface area contributed by atoms with Crippen LogP contribution in [0.5, 0.6) is 0 Å². The fourth-order valence-electron chi connectivity index (χ4n) is 2.20. The summed E-state index contributed by atoms with van der Waals surface area (Å²) in [5.41, 5.74) is 2.03. The molecule has 0 aliphatic carbocycles. The van der Waals surface area contributed by atoms with E-state index in [1.165, 1.54) is 15.0 Å². The molecule has 0 aliphatic rings. The molecule has 102 valence electrons. The first-order chi connectivity index (χ1) is 9.65. The highest BCUT2D eigenvalue weighted by molar-refractivity contribution is 7.19. The van der Waals surface area contributed by atoms with Crippen LogP contribution in [-0.2, 0) is 0 Å². The molecular formula is C16H15ClN2S. The predicted molar refractivity (Wildman–Crippen MR) is 87.8 cm³/mol. The number of benzene rings is 1. The van der Waals surface area contributed by atoms with Crippen LogP contribution in [0.1, 0.15) is 23.4 Å². The molecule has 2 aromatic heterocycles. The lowest BCUT2D eigenvalue weighted by Crippen LogP contribution is -2.07. The number of nitrogens with one attached hydrogen (secondary N) is 1. The molecule has 3 aromatic rings. The standard InChI is InChI=1S/C16H15ClN2S/c1-10-7-8-18-16(17)15(10)19-11(2)14-9-12-5-3-4-6-13(12)20-14/h3-9,11,19H,1-2H3. The summed E-state index contributed by atoms with van der Waals surface area (Å²) in [5, 5.41) is 5.28. The molecule has 0 saturated carbocycles. The molecule has 1 atom stereocenters. The van der Waals surface area contributed by atoms with Gasteiger partial charge in [0, 0.05) is 15.8 Å². The molecule has 0 radical (unpaired) electrons. The van der Waals surface area contributed by atoms with E-state index in [4.69, 9.17) is 11.6 Å². The first-order valence-corrected chi connectivity index (χ1v) is 7.70. The largest absolute Gasteiger partial charge is 0.375 e. The van der Waals surface area contributed by atoms with Gasteiger partial charge in [-0.3, -0.25) is 0 Å². The number of thiophene rings is 1. The highest BCUT2D eigenvalue weighted by atomic mass is 35.5. The lowest BCUT2D eigenvalue weighted by atomic mass is 10.2. The molecule has 0 fully saturated rings. The molecule has 1 aromatic carbocycles. The Bertz CT molecular complexity index is 698. The van der Waals surface area contributed by atoms with E-state index in [0.717, 1.165) is 11.3 Å². The number of halogens is 1. The van der Waals surface area contributed by atoms with Crippen LogP contribution in [-0.4, -0.2) is 4.98 Å². The molecular weight excluding hydrogens is 288 g/mol. The minimum atomic E-state index is 0.202. The van der Waals surface area contributed by atoms with Crippen molar-refractivity contribution in [1.82, 2.24) is 4.98 Å². The first kappa shape index (κ1) is 13.4. The van der Waals surface area contributed by atoms with Crippen LogP contribution in [0, 0.1) is 6.92 Å². The van der Waals surface area contributed by atoms with Gasteiger partial charge in [-0.1, -0.05) is 29.8 Å². The van der Waals surface area contributed by atoms with Gasteiger partial charge in [-0.25, -0.2) is 4.98 Å². The molecule has 0 aliphatic heterocycles. The van der Waals surface area contributed by atoms with Gasteiger partial charge in [-0.2, -0.15) is 0 Å². The Kier molecular flexibility index (Phi) is 3.64. The summed E-state index contributed by atoms with van der Waals surface area (Å²) in [6.45, 7) is 4.18. The van der Waals surface area contributed by atoms with Gasteiger partial charge in [0.25, 0.3) is 0 Å². The Balaban J connectivity index is 1.91. The quantitative estimate of drug-likeness (QED) is 0.652. The SMILES string of the molecule is Cc1ccnc(Cl)c1NC(C)c1cc2ccccc2s1. The maximum Gasteiger partial charge on any atom is 0.152 e. The van der Waals surface area contributed by atoms with Crippen LogP contribution in [0.15, 0.2) is 42.6 Å². The average molecular weight is 303 g/mol. The highest BCUT2D eigenvalue weighted by Crippen LogP contribution is 2.33. The van der Waals surface area contributed by atoms with Crippen molar-refractivity contribution < 1.29 is 0 Å². The van der Waals surface area contributed by atoms with E-state index < -0.39 is 0 Å². The van der Waals surface area contributed by atoms with Crippen LogP contribution >= 0.6 is 22.9 Å². The van der Waals surface area contributed by atoms with Crippen LogP contribution < -0.4 is 5.32 Å². The number of rotatable bonds is 3. The van der Waals surface area contributed by atoms with Crippen LogP contribution in [0.3, 0.4) is 0 Å². The lowest BCUT2D eigenvalue weighted by molar-refractivity contribution is 0.904. The average Bonchev–Trinajstić information content (AvgIpc) is 2.87. The Morgan fingerprint density at radius 3 is 2.80 bits per heavy atom. The number of fused-ring (bicyclic) bond motifs is 1. The van der Waals surface area contributed by atoms with Gasteiger partial charge in [-0.15, -0.1) is 11.3 Å². The van der Waals surface area contributed by atoms with E-state index in [2.05, 4.69) is 47.6 Å². The summed E-state index contributed by atoms with van der Waals surface area (Å²) < 4.78 is 1.31. The summed E-state index contributed by atoms with van der Waals surface area (Å²) in [6.07, 6.45) is 1.73. The summed E-state index contributed by atoms with van der Waals surface area (Å²) in [6, 6.07) is 12.8. The van der Waals surface area contributed by atoms with Crippen molar-refractivity contribution >= 4 is 38.7 Å². The minimum Gasteiger partial charge on any atom is -0.375 e. The molecule has 0 amide bonds. The molecule has 3 rings (SSSR count). The fraction of sp³-hybridized carbons (Fsp3) is 0.188. The van der Waals surface area contributed by atoms with E-state index in [9.17, 15) is 0 Å². The summed E-state index contributed by atoms with van der Waals surface area (Å²) in [7, 11) is 0. The molecule has 1 unspecified atom stereocenters. The van der Waals surface area contributed by atoms with Gasteiger partial charge in [0.15, 0.2) is 5.15 Å². The van der Waals surface area contributed by atoms with E-state index in [1.54, 1.807) is 6.20 Å². The van der Waals surface area contributed by atoms with Gasteiger partial charge >= 0.3 is 0 Å². The summed E-state index contributed by atoms with van der Waals surface area (Å²) >= 11 is 7.98. The Morgan fingerprint density at radius 1 is 1.25 bits per heavy atom. The van der Waals surface area contributed by atoms with Crippen molar-refractivity contribution in [3.63, 3.8) is 0 Å². The smallest absolute Gasteiger partial charge is 0.152 e. The topological polar surface area (TPSA) is 24.9 Å².